The maximum atomic E-state index is 13.3. The highest BCUT2D eigenvalue weighted by atomic mass is 19.1. The number of nitrogens with one attached hydrogen (secondary N) is 1. The van der Waals surface area contributed by atoms with Crippen molar-refractivity contribution >= 4 is 5.69 Å². The van der Waals surface area contributed by atoms with Crippen molar-refractivity contribution in [1.82, 2.24) is 0 Å². The number of halogens is 1. The number of hydrogen-bond acceptors (Lipinski definition) is 4. The van der Waals surface area contributed by atoms with Crippen molar-refractivity contribution in [3.8, 4) is 5.75 Å². The van der Waals surface area contributed by atoms with E-state index in [0.29, 0.717) is 13.2 Å². The summed E-state index contributed by atoms with van der Waals surface area (Å²) in [5.74, 6) is 1.42. The quantitative estimate of drug-likeness (QED) is 0.300. The first-order chi connectivity index (χ1) is 17.5. The zero-order valence-corrected chi connectivity index (χ0v) is 22.4. The molecule has 2 aromatic carbocycles. The standard InChI is InChI=1S/C31H44FNO3/c1-4-5-9-19-35-30-29(34-20-18-23-10-7-6-8-11-23)27-21-26(16-17-28(27)36-31(30,2)3)33-22-24-12-14-25(32)15-13-24/h12-17,21,23,29-30,33H,4-11,18-20,22H2,1-3H3. The average molecular weight is 498 g/mol. The van der Waals surface area contributed by atoms with Gasteiger partial charge in [-0.05, 0) is 68.5 Å². The van der Waals surface area contributed by atoms with Crippen LogP contribution in [0.15, 0.2) is 42.5 Å². The van der Waals surface area contributed by atoms with Crippen molar-refractivity contribution in [2.45, 2.75) is 103 Å². The number of ether oxygens (including phenoxy) is 3. The van der Waals surface area contributed by atoms with E-state index < -0.39 is 5.60 Å². The van der Waals surface area contributed by atoms with Gasteiger partial charge in [-0.25, -0.2) is 4.39 Å². The Morgan fingerprint density at radius 2 is 1.75 bits per heavy atom. The third-order valence-electron chi connectivity index (χ3n) is 7.65. The minimum Gasteiger partial charge on any atom is -0.485 e. The lowest BCUT2D eigenvalue weighted by Crippen LogP contribution is -2.51. The van der Waals surface area contributed by atoms with Gasteiger partial charge >= 0.3 is 0 Å². The molecule has 2 aromatic rings. The lowest BCUT2D eigenvalue weighted by Gasteiger charge is -2.44. The number of unbranched alkanes of at least 4 members (excludes halogenated alkanes) is 2. The van der Waals surface area contributed by atoms with Gasteiger partial charge in [-0.3, -0.25) is 0 Å². The Balaban J connectivity index is 1.50. The fourth-order valence-electron chi connectivity index (χ4n) is 5.51. The van der Waals surface area contributed by atoms with Crippen molar-refractivity contribution in [2.24, 2.45) is 5.92 Å². The minimum atomic E-state index is -0.488. The van der Waals surface area contributed by atoms with Crippen LogP contribution < -0.4 is 10.1 Å². The Kier molecular flexibility index (Phi) is 9.66. The smallest absolute Gasteiger partial charge is 0.132 e. The molecule has 5 heteroatoms. The second-order valence-electron chi connectivity index (χ2n) is 11.0. The largest absolute Gasteiger partial charge is 0.485 e. The van der Waals surface area contributed by atoms with E-state index in [2.05, 4.69) is 32.2 Å². The van der Waals surface area contributed by atoms with E-state index in [1.807, 2.05) is 24.3 Å². The average Bonchev–Trinajstić information content (AvgIpc) is 2.87. The number of benzene rings is 2. The van der Waals surface area contributed by atoms with E-state index in [1.165, 1.54) is 50.7 Å². The molecule has 0 spiro atoms. The molecule has 1 fully saturated rings. The number of hydrogen-bond donors (Lipinski definition) is 1. The Morgan fingerprint density at radius 3 is 2.50 bits per heavy atom. The van der Waals surface area contributed by atoms with E-state index in [4.69, 9.17) is 14.2 Å². The molecule has 4 rings (SSSR count). The summed E-state index contributed by atoms with van der Waals surface area (Å²) >= 11 is 0. The first-order valence-corrected chi connectivity index (χ1v) is 14.0. The van der Waals surface area contributed by atoms with Crippen molar-refractivity contribution in [1.29, 1.82) is 0 Å². The zero-order valence-electron chi connectivity index (χ0n) is 22.4. The molecule has 1 N–H and O–H groups in total. The summed E-state index contributed by atoms with van der Waals surface area (Å²) in [7, 11) is 0. The molecule has 198 valence electrons. The Morgan fingerprint density at radius 1 is 0.972 bits per heavy atom. The molecule has 2 aliphatic rings. The van der Waals surface area contributed by atoms with Gasteiger partial charge in [-0.2, -0.15) is 0 Å². The second kappa shape index (κ2) is 12.9. The molecule has 0 radical (unpaired) electrons. The van der Waals surface area contributed by atoms with E-state index in [0.717, 1.165) is 54.4 Å². The molecule has 0 bridgehead atoms. The van der Waals surface area contributed by atoms with Crippen LogP contribution in [0.4, 0.5) is 10.1 Å². The van der Waals surface area contributed by atoms with Crippen molar-refractivity contribution in [3.05, 3.63) is 59.4 Å². The number of rotatable bonds is 12. The molecule has 0 saturated heterocycles. The van der Waals surface area contributed by atoms with E-state index in [9.17, 15) is 4.39 Å². The summed E-state index contributed by atoms with van der Waals surface area (Å²) in [5, 5.41) is 3.48. The molecule has 1 heterocycles. The van der Waals surface area contributed by atoms with Crippen molar-refractivity contribution in [2.75, 3.05) is 18.5 Å². The van der Waals surface area contributed by atoms with Crippen LogP contribution in [0.5, 0.6) is 5.75 Å². The SMILES string of the molecule is CCCCCOC1C(OCCC2CCCCC2)c2cc(NCc3ccc(F)cc3)ccc2OC1(C)C. The summed E-state index contributed by atoms with van der Waals surface area (Å²) in [4.78, 5) is 0. The van der Waals surface area contributed by atoms with Crippen LogP contribution in [-0.4, -0.2) is 24.9 Å². The summed E-state index contributed by atoms with van der Waals surface area (Å²) in [5.41, 5.74) is 2.58. The van der Waals surface area contributed by atoms with Crippen LogP contribution >= 0.6 is 0 Å². The lowest BCUT2D eigenvalue weighted by molar-refractivity contribution is -0.163. The lowest BCUT2D eigenvalue weighted by atomic mass is 9.86. The third-order valence-corrected chi connectivity index (χ3v) is 7.65. The molecule has 0 amide bonds. The maximum absolute atomic E-state index is 13.3. The number of anilines is 1. The van der Waals surface area contributed by atoms with Gasteiger partial charge in [0.25, 0.3) is 0 Å². The molecular formula is C31H44FNO3. The predicted octanol–water partition coefficient (Wildman–Crippen LogP) is 8.21. The third kappa shape index (κ3) is 7.23. The summed E-state index contributed by atoms with van der Waals surface area (Å²) in [6.45, 7) is 8.51. The van der Waals surface area contributed by atoms with Crippen LogP contribution in [-0.2, 0) is 16.0 Å². The molecule has 1 saturated carbocycles. The van der Waals surface area contributed by atoms with Gasteiger partial charge in [0.15, 0.2) is 0 Å². The van der Waals surface area contributed by atoms with Gasteiger partial charge in [0.05, 0.1) is 0 Å². The molecule has 2 unspecified atom stereocenters. The highest BCUT2D eigenvalue weighted by molar-refractivity contribution is 5.53. The second-order valence-corrected chi connectivity index (χ2v) is 11.0. The van der Waals surface area contributed by atoms with Crippen LogP contribution in [0.25, 0.3) is 0 Å². The zero-order chi connectivity index (χ0) is 25.4. The van der Waals surface area contributed by atoms with Crippen LogP contribution in [0.3, 0.4) is 0 Å². The normalized spacial score (nSPS) is 21.6. The van der Waals surface area contributed by atoms with Gasteiger partial charge in [0.2, 0.25) is 0 Å². The monoisotopic (exact) mass is 497 g/mol. The van der Waals surface area contributed by atoms with Gasteiger partial charge < -0.3 is 19.5 Å². The molecular weight excluding hydrogens is 453 g/mol. The van der Waals surface area contributed by atoms with E-state index >= 15 is 0 Å². The molecule has 4 nitrogen and oxygen atoms in total. The molecule has 0 aromatic heterocycles. The fourth-order valence-corrected chi connectivity index (χ4v) is 5.51. The first kappa shape index (κ1) is 26.9. The Bertz CT molecular complexity index is 939. The minimum absolute atomic E-state index is 0.179. The van der Waals surface area contributed by atoms with Crippen LogP contribution in [0, 0.1) is 11.7 Å². The molecule has 36 heavy (non-hydrogen) atoms. The van der Waals surface area contributed by atoms with E-state index in [-0.39, 0.29) is 18.0 Å². The highest BCUT2D eigenvalue weighted by Gasteiger charge is 2.45. The topological polar surface area (TPSA) is 39.7 Å². The van der Waals surface area contributed by atoms with Gasteiger partial charge in [-0.1, -0.05) is 64.0 Å². The van der Waals surface area contributed by atoms with Crippen LogP contribution in [0.1, 0.15) is 95.8 Å². The summed E-state index contributed by atoms with van der Waals surface area (Å²) < 4.78 is 32.9. The molecule has 2 atom stereocenters. The fraction of sp³-hybridized carbons (Fsp3) is 0.613. The van der Waals surface area contributed by atoms with E-state index in [1.54, 1.807) is 0 Å². The Labute approximate surface area is 216 Å². The summed E-state index contributed by atoms with van der Waals surface area (Å²) in [6, 6.07) is 12.8. The van der Waals surface area contributed by atoms with Crippen molar-refractivity contribution in [3.63, 3.8) is 0 Å². The predicted molar refractivity (Wildman–Crippen MR) is 144 cm³/mol. The van der Waals surface area contributed by atoms with Crippen LogP contribution in [0.2, 0.25) is 0 Å². The van der Waals surface area contributed by atoms with Gasteiger partial charge in [0.1, 0.15) is 29.4 Å². The van der Waals surface area contributed by atoms with Gasteiger partial charge in [-0.15, -0.1) is 0 Å². The van der Waals surface area contributed by atoms with Gasteiger partial charge in [0, 0.05) is 31.0 Å². The summed E-state index contributed by atoms with van der Waals surface area (Å²) in [6.07, 6.45) is 10.9. The molecule has 1 aliphatic heterocycles. The number of fused-ring (bicyclic) bond motifs is 1. The molecule has 1 aliphatic carbocycles. The Hall–Kier alpha value is -2.11. The van der Waals surface area contributed by atoms with Crippen molar-refractivity contribution < 1.29 is 18.6 Å². The highest BCUT2D eigenvalue weighted by Crippen LogP contribution is 2.44. The maximum Gasteiger partial charge on any atom is 0.132 e. The first-order valence-electron chi connectivity index (χ1n) is 14.0.